The van der Waals surface area contributed by atoms with Crippen LogP contribution in [0.2, 0.25) is 0 Å². The predicted molar refractivity (Wildman–Crippen MR) is 97.8 cm³/mol. The van der Waals surface area contributed by atoms with E-state index in [0.717, 1.165) is 11.6 Å². The van der Waals surface area contributed by atoms with Crippen molar-refractivity contribution in [1.82, 2.24) is 10.0 Å². The van der Waals surface area contributed by atoms with E-state index in [9.17, 15) is 23.3 Å². The molecule has 9 nitrogen and oxygen atoms in total. The molecule has 144 valence electrons. The maximum Gasteiger partial charge on any atom is 0.270 e. The first-order chi connectivity index (χ1) is 12.8. The van der Waals surface area contributed by atoms with Crippen LogP contribution < -0.4 is 10.0 Å². The third kappa shape index (κ3) is 5.58. The van der Waals surface area contributed by atoms with Crippen molar-refractivity contribution < 1.29 is 22.9 Å². The van der Waals surface area contributed by atoms with Crippen molar-refractivity contribution in [2.45, 2.75) is 11.5 Å². The van der Waals surface area contributed by atoms with Crippen LogP contribution in [-0.4, -0.2) is 39.4 Å². The minimum absolute atomic E-state index is 0.0499. The Morgan fingerprint density at radius 1 is 1.15 bits per heavy atom. The van der Waals surface area contributed by atoms with Gasteiger partial charge < -0.3 is 10.1 Å². The fourth-order valence-electron chi connectivity index (χ4n) is 2.33. The largest absolute Gasteiger partial charge is 0.380 e. The number of amides is 1. The van der Waals surface area contributed by atoms with Crippen molar-refractivity contribution in [1.29, 1.82) is 0 Å². The number of carbonyl (C=O) groups is 1. The molecule has 0 aliphatic carbocycles. The van der Waals surface area contributed by atoms with Gasteiger partial charge in [0.2, 0.25) is 10.0 Å². The van der Waals surface area contributed by atoms with Gasteiger partial charge in [-0.1, -0.05) is 24.3 Å². The molecule has 0 fully saturated rings. The van der Waals surface area contributed by atoms with Gasteiger partial charge in [-0.25, -0.2) is 13.1 Å². The predicted octanol–water partition coefficient (Wildman–Crippen LogP) is 1.45. The summed E-state index contributed by atoms with van der Waals surface area (Å²) in [5.41, 5.74) is 0.844. The summed E-state index contributed by atoms with van der Waals surface area (Å²) in [6.45, 7) is 0.264. The molecule has 2 N–H and O–H groups in total. The molecule has 2 aromatic carbocycles. The monoisotopic (exact) mass is 393 g/mol. The number of hydrogen-bond donors (Lipinski definition) is 2. The number of nitrogens with zero attached hydrogens (tertiary/aromatic N) is 1. The van der Waals surface area contributed by atoms with E-state index in [1.807, 2.05) is 0 Å². The highest BCUT2D eigenvalue weighted by atomic mass is 32.2. The summed E-state index contributed by atoms with van der Waals surface area (Å²) in [6, 6.07) is 11.7. The average molecular weight is 393 g/mol. The lowest BCUT2D eigenvalue weighted by atomic mass is 10.1. The second-order valence-electron chi connectivity index (χ2n) is 5.50. The molecule has 2 aromatic rings. The quantitative estimate of drug-likeness (QED) is 0.377. The summed E-state index contributed by atoms with van der Waals surface area (Å²) < 4.78 is 31.7. The third-order valence-corrected chi connectivity index (χ3v) is 5.06. The highest BCUT2D eigenvalue weighted by Crippen LogP contribution is 2.16. The van der Waals surface area contributed by atoms with E-state index in [-0.39, 0.29) is 36.2 Å². The van der Waals surface area contributed by atoms with Gasteiger partial charge in [0.1, 0.15) is 0 Å². The summed E-state index contributed by atoms with van der Waals surface area (Å²) >= 11 is 0. The topological polar surface area (TPSA) is 128 Å². The number of nitro benzene ring substituents is 1. The average Bonchev–Trinajstić information content (AvgIpc) is 2.66. The SMILES string of the molecule is COCc1ccccc1C(=O)NCCNS(=O)(=O)c1cccc([N+](=O)[O-])c1. The Kier molecular flexibility index (Phi) is 6.99. The van der Waals surface area contributed by atoms with Crippen molar-refractivity contribution in [2.75, 3.05) is 20.2 Å². The van der Waals surface area contributed by atoms with Gasteiger partial charge in [-0.3, -0.25) is 14.9 Å². The van der Waals surface area contributed by atoms with E-state index in [0.29, 0.717) is 5.56 Å². The number of non-ortho nitro benzene ring substituents is 1. The molecular formula is C17H19N3O6S. The Bertz CT molecular complexity index is 930. The molecule has 0 saturated carbocycles. The van der Waals surface area contributed by atoms with Crippen LogP contribution in [0.5, 0.6) is 0 Å². The molecule has 0 spiro atoms. The highest BCUT2D eigenvalue weighted by Gasteiger charge is 2.17. The van der Waals surface area contributed by atoms with Crippen molar-refractivity contribution in [3.05, 3.63) is 69.8 Å². The van der Waals surface area contributed by atoms with Gasteiger partial charge in [0.15, 0.2) is 0 Å². The van der Waals surface area contributed by atoms with Gasteiger partial charge in [0.25, 0.3) is 11.6 Å². The fraction of sp³-hybridized carbons (Fsp3) is 0.235. The zero-order valence-corrected chi connectivity index (χ0v) is 15.4. The van der Waals surface area contributed by atoms with Crippen molar-refractivity contribution in [3.8, 4) is 0 Å². The van der Waals surface area contributed by atoms with Gasteiger partial charge >= 0.3 is 0 Å². The number of carbonyl (C=O) groups excluding carboxylic acids is 1. The van der Waals surface area contributed by atoms with Crippen LogP contribution in [0.3, 0.4) is 0 Å². The molecule has 2 rings (SSSR count). The number of benzene rings is 2. The maximum atomic E-state index is 12.2. The second-order valence-corrected chi connectivity index (χ2v) is 7.27. The Balaban J connectivity index is 1.93. The summed E-state index contributed by atoms with van der Waals surface area (Å²) in [7, 11) is -2.40. The molecule has 0 aliphatic rings. The zero-order chi connectivity index (χ0) is 19.9. The summed E-state index contributed by atoms with van der Waals surface area (Å²) in [5, 5.41) is 13.4. The molecule has 0 aliphatic heterocycles. The van der Waals surface area contributed by atoms with Crippen molar-refractivity contribution in [3.63, 3.8) is 0 Å². The Morgan fingerprint density at radius 2 is 1.89 bits per heavy atom. The first-order valence-electron chi connectivity index (χ1n) is 7.94. The number of hydrogen-bond acceptors (Lipinski definition) is 6. The lowest BCUT2D eigenvalue weighted by Gasteiger charge is -2.10. The lowest BCUT2D eigenvalue weighted by Crippen LogP contribution is -2.35. The highest BCUT2D eigenvalue weighted by molar-refractivity contribution is 7.89. The number of nitro groups is 1. The summed E-state index contributed by atoms with van der Waals surface area (Å²) in [5.74, 6) is -0.350. The number of nitrogens with one attached hydrogen (secondary N) is 2. The van der Waals surface area contributed by atoms with Crippen LogP contribution in [0.15, 0.2) is 53.4 Å². The number of rotatable bonds is 9. The van der Waals surface area contributed by atoms with Crippen LogP contribution in [0.4, 0.5) is 5.69 Å². The molecule has 0 aromatic heterocycles. The lowest BCUT2D eigenvalue weighted by molar-refractivity contribution is -0.385. The molecule has 0 saturated heterocycles. The van der Waals surface area contributed by atoms with Crippen LogP contribution >= 0.6 is 0 Å². The molecule has 27 heavy (non-hydrogen) atoms. The van der Waals surface area contributed by atoms with E-state index in [2.05, 4.69) is 10.0 Å². The van der Waals surface area contributed by atoms with Crippen molar-refractivity contribution >= 4 is 21.6 Å². The molecule has 0 unspecified atom stereocenters. The van der Waals surface area contributed by atoms with E-state index in [1.54, 1.807) is 24.3 Å². The summed E-state index contributed by atoms with van der Waals surface area (Å²) in [4.78, 5) is 22.1. The Labute approximate surface area is 156 Å². The number of sulfonamides is 1. The second kappa shape index (κ2) is 9.21. The minimum atomic E-state index is -3.92. The van der Waals surface area contributed by atoms with E-state index in [1.165, 1.54) is 25.3 Å². The Morgan fingerprint density at radius 3 is 2.59 bits per heavy atom. The first kappa shape index (κ1) is 20.5. The molecule has 0 bridgehead atoms. The van der Waals surface area contributed by atoms with E-state index in [4.69, 9.17) is 4.74 Å². The van der Waals surface area contributed by atoms with Gasteiger partial charge in [-0.15, -0.1) is 0 Å². The molecular weight excluding hydrogens is 374 g/mol. The van der Waals surface area contributed by atoms with Crippen molar-refractivity contribution in [2.24, 2.45) is 0 Å². The third-order valence-electron chi connectivity index (χ3n) is 3.60. The minimum Gasteiger partial charge on any atom is -0.380 e. The van der Waals surface area contributed by atoms with Gasteiger partial charge in [0.05, 0.1) is 16.4 Å². The Hall–Kier alpha value is -2.82. The summed E-state index contributed by atoms with van der Waals surface area (Å²) in [6.07, 6.45) is 0. The van der Waals surface area contributed by atoms with Crippen LogP contribution in [-0.2, 0) is 21.4 Å². The van der Waals surface area contributed by atoms with Crippen LogP contribution in [0, 0.1) is 10.1 Å². The smallest absolute Gasteiger partial charge is 0.270 e. The van der Waals surface area contributed by atoms with Gasteiger partial charge in [-0.2, -0.15) is 0 Å². The van der Waals surface area contributed by atoms with Gasteiger partial charge in [0, 0.05) is 37.9 Å². The zero-order valence-electron chi connectivity index (χ0n) is 14.5. The molecule has 0 atom stereocenters. The fourth-order valence-corrected chi connectivity index (χ4v) is 3.40. The molecule has 1 amide bonds. The maximum absolute atomic E-state index is 12.2. The normalized spacial score (nSPS) is 11.1. The number of ether oxygens (including phenoxy) is 1. The van der Waals surface area contributed by atoms with Gasteiger partial charge in [-0.05, 0) is 17.7 Å². The molecule has 0 radical (unpaired) electrons. The van der Waals surface area contributed by atoms with E-state index < -0.39 is 14.9 Å². The first-order valence-corrected chi connectivity index (χ1v) is 9.42. The molecule has 0 heterocycles. The number of methoxy groups -OCH3 is 1. The van der Waals surface area contributed by atoms with E-state index >= 15 is 0 Å². The molecule has 10 heteroatoms. The van der Waals surface area contributed by atoms with Crippen LogP contribution in [0.25, 0.3) is 0 Å². The standard InChI is InChI=1S/C17H19N3O6S/c1-26-12-13-5-2-3-8-16(13)17(21)18-9-10-19-27(24,25)15-7-4-6-14(11-15)20(22)23/h2-8,11,19H,9-10,12H2,1H3,(H,18,21). The van der Waals surface area contributed by atoms with Crippen LogP contribution in [0.1, 0.15) is 15.9 Å².